The Morgan fingerprint density at radius 3 is 2.65 bits per heavy atom. The van der Waals surface area contributed by atoms with Crippen molar-refractivity contribution < 1.29 is 13.9 Å². The summed E-state index contributed by atoms with van der Waals surface area (Å²) in [7, 11) is 0. The van der Waals surface area contributed by atoms with E-state index in [-0.39, 0.29) is 18.3 Å². The molecule has 0 aliphatic rings. The summed E-state index contributed by atoms with van der Waals surface area (Å²) in [5.41, 5.74) is 3.19. The summed E-state index contributed by atoms with van der Waals surface area (Å²) < 4.78 is 18.6. The van der Waals surface area contributed by atoms with Gasteiger partial charge in [0, 0.05) is 17.5 Å². The van der Waals surface area contributed by atoms with E-state index in [9.17, 15) is 9.18 Å². The minimum Gasteiger partial charge on any atom is -0.481 e. The quantitative estimate of drug-likeness (QED) is 0.684. The second kappa shape index (κ2) is 8.58. The third-order valence-electron chi connectivity index (χ3n) is 3.80. The molecule has 0 aliphatic heterocycles. The van der Waals surface area contributed by atoms with Crippen molar-refractivity contribution in [1.82, 2.24) is 10.3 Å². The number of aromatic nitrogens is 1. The molecule has 1 aromatic heterocycles. The van der Waals surface area contributed by atoms with Crippen LogP contribution in [0.5, 0.6) is 5.75 Å². The van der Waals surface area contributed by atoms with E-state index in [4.69, 9.17) is 4.74 Å². The van der Waals surface area contributed by atoms with Crippen LogP contribution in [0.25, 0.3) is 11.3 Å². The maximum Gasteiger partial charge on any atom is 0.257 e. The van der Waals surface area contributed by atoms with Crippen molar-refractivity contribution >= 4 is 17.2 Å². The van der Waals surface area contributed by atoms with Crippen LogP contribution in [-0.2, 0) is 11.2 Å². The molecule has 134 valence electrons. The lowest BCUT2D eigenvalue weighted by Crippen LogP contribution is -2.30. The molecular weight excluding hydrogens is 351 g/mol. The van der Waals surface area contributed by atoms with Gasteiger partial charge in [-0.1, -0.05) is 36.4 Å². The number of halogens is 1. The Morgan fingerprint density at radius 2 is 1.96 bits per heavy atom. The third-order valence-corrected chi connectivity index (χ3v) is 4.57. The van der Waals surface area contributed by atoms with E-state index in [2.05, 4.69) is 10.3 Å². The molecule has 0 fully saturated rings. The monoisotopic (exact) mass is 370 g/mol. The van der Waals surface area contributed by atoms with Gasteiger partial charge in [0.15, 0.2) is 18.2 Å². The summed E-state index contributed by atoms with van der Waals surface area (Å²) in [5.74, 6) is -0.672. The second-order valence-corrected chi connectivity index (χ2v) is 6.83. The van der Waals surface area contributed by atoms with Gasteiger partial charge in [-0.15, -0.1) is 11.3 Å². The van der Waals surface area contributed by atoms with Crippen LogP contribution in [0.4, 0.5) is 4.39 Å². The first-order chi connectivity index (χ1) is 12.6. The predicted octanol–water partition coefficient (Wildman–Crippen LogP) is 4.00. The second-order valence-electron chi connectivity index (χ2n) is 5.77. The van der Waals surface area contributed by atoms with Crippen molar-refractivity contribution in [3.05, 3.63) is 70.3 Å². The fourth-order valence-electron chi connectivity index (χ4n) is 2.44. The van der Waals surface area contributed by atoms with Crippen LogP contribution >= 0.6 is 11.3 Å². The maximum absolute atomic E-state index is 13.4. The van der Waals surface area contributed by atoms with Gasteiger partial charge >= 0.3 is 0 Å². The highest BCUT2D eigenvalue weighted by atomic mass is 32.1. The van der Waals surface area contributed by atoms with E-state index >= 15 is 0 Å². The molecule has 1 N–H and O–H groups in total. The Morgan fingerprint density at radius 1 is 1.19 bits per heavy atom. The summed E-state index contributed by atoms with van der Waals surface area (Å²) in [6.45, 7) is 2.28. The number of aryl methyl sites for hydroxylation is 1. The van der Waals surface area contributed by atoms with Gasteiger partial charge < -0.3 is 10.1 Å². The van der Waals surface area contributed by atoms with E-state index < -0.39 is 5.82 Å². The number of hydrogen-bond donors (Lipinski definition) is 1. The Labute approximate surface area is 155 Å². The zero-order chi connectivity index (χ0) is 18.4. The molecular formula is C20H19FN2O2S. The van der Waals surface area contributed by atoms with Crippen molar-refractivity contribution in [3.63, 3.8) is 0 Å². The zero-order valence-corrected chi connectivity index (χ0v) is 15.2. The smallest absolute Gasteiger partial charge is 0.257 e. The number of rotatable bonds is 7. The van der Waals surface area contributed by atoms with Crippen molar-refractivity contribution in [2.45, 2.75) is 13.3 Å². The number of amides is 1. The van der Waals surface area contributed by atoms with Gasteiger partial charge in [-0.3, -0.25) is 4.79 Å². The standard InChI is InChI=1S/C20H19FN2O2S/c1-14-23-18(13-26-14)16-8-6-15(7-9-16)10-11-22-20(24)12-25-19-5-3-2-4-17(19)21/h2-9,13H,10-12H2,1H3,(H,22,24). The molecule has 0 saturated heterocycles. The molecule has 0 saturated carbocycles. The van der Waals surface area contributed by atoms with Crippen LogP contribution in [0.1, 0.15) is 10.6 Å². The Kier molecular flexibility index (Phi) is 5.96. The molecule has 6 heteroatoms. The first kappa shape index (κ1) is 18.1. The van der Waals surface area contributed by atoms with Gasteiger partial charge in [0.1, 0.15) is 0 Å². The number of benzene rings is 2. The normalized spacial score (nSPS) is 10.5. The van der Waals surface area contributed by atoms with Gasteiger partial charge in [0.2, 0.25) is 0 Å². The van der Waals surface area contributed by atoms with E-state index in [0.717, 1.165) is 21.8 Å². The largest absolute Gasteiger partial charge is 0.481 e. The Hall–Kier alpha value is -2.73. The van der Waals surface area contributed by atoms with Crippen molar-refractivity contribution in [2.75, 3.05) is 13.2 Å². The van der Waals surface area contributed by atoms with E-state index in [1.54, 1.807) is 23.5 Å². The maximum atomic E-state index is 13.4. The Balaban J connectivity index is 1.43. The first-order valence-electron chi connectivity index (χ1n) is 8.27. The SMILES string of the molecule is Cc1nc(-c2ccc(CCNC(=O)COc3ccccc3F)cc2)cs1. The average Bonchev–Trinajstić information content (AvgIpc) is 3.08. The van der Waals surface area contributed by atoms with Gasteiger partial charge in [-0.2, -0.15) is 0 Å². The molecule has 26 heavy (non-hydrogen) atoms. The summed E-state index contributed by atoms with van der Waals surface area (Å²) in [6, 6.07) is 14.2. The minimum atomic E-state index is -0.476. The number of nitrogens with one attached hydrogen (secondary N) is 1. The summed E-state index contributed by atoms with van der Waals surface area (Å²) in [5, 5.41) is 5.86. The lowest BCUT2D eigenvalue weighted by atomic mass is 10.1. The highest BCUT2D eigenvalue weighted by molar-refractivity contribution is 7.09. The molecule has 3 rings (SSSR count). The Bertz CT molecular complexity index is 878. The van der Waals surface area contributed by atoms with E-state index in [1.807, 2.05) is 36.6 Å². The molecule has 3 aromatic rings. The zero-order valence-electron chi connectivity index (χ0n) is 14.4. The van der Waals surface area contributed by atoms with E-state index in [0.29, 0.717) is 13.0 Å². The number of para-hydroxylation sites is 1. The molecule has 0 radical (unpaired) electrons. The van der Waals surface area contributed by atoms with Crippen molar-refractivity contribution in [2.24, 2.45) is 0 Å². The van der Waals surface area contributed by atoms with Crippen LogP contribution in [0, 0.1) is 12.7 Å². The van der Waals surface area contributed by atoms with Crippen LogP contribution in [0.3, 0.4) is 0 Å². The molecule has 0 atom stereocenters. The van der Waals surface area contributed by atoms with Gasteiger partial charge in [-0.05, 0) is 31.0 Å². The number of ether oxygens (including phenoxy) is 1. The van der Waals surface area contributed by atoms with Crippen LogP contribution in [0.2, 0.25) is 0 Å². The van der Waals surface area contributed by atoms with Crippen LogP contribution < -0.4 is 10.1 Å². The average molecular weight is 370 g/mol. The summed E-state index contributed by atoms with van der Waals surface area (Å²) >= 11 is 1.63. The van der Waals surface area contributed by atoms with Crippen LogP contribution in [-0.4, -0.2) is 24.0 Å². The fraction of sp³-hybridized carbons (Fsp3) is 0.200. The van der Waals surface area contributed by atoms with Crippen LogP contribution in [0.15, 0.2) is 53.9 Å². The molecule has 0 spiro atoms. The van der Waals surface area contributed by atoms with E-state index in [1.165, 1.54) is 12.1 Å². The molecule has 0 unspecified atom stereocenters. The fourth-order valence-corrected chi connectivity index (χ4v) is 3.06. The van der Waals surface area contributed by atoms with Gasteiger partial charge in [0.25, 0.3) is 5.91 Å². The highest BCUT2D eigenvalue weighted by Gasteiger charge is 2.06. The lowest BCUT2D eigenvalue weighted by Gasteiger charge is -2.08. The van der Waals surface area contributed by atoms with Crippen molar-refractivity contribution in [3.8, 4) is 17.0 Å². The predicted molar refractivity (Wildman–Crippen MR) is 101 cm³/mol. The highest BCUT2D eigenvalue weighted by Crippen LogP contribution is 2.21. The molecule has 1 amide bonds. The number of carbonyl (C=O) groups excluding carboxylic acids is 1. The number of hydrogen-bond acceptors (Lipinski definition) is 4. The van der Waals surface area contributed by atoms with Gasteiger partial charge in [0.05, 0.1) is 10.7 Å². The molecule has 2 aromatic carbocycles. The molecule has 0 aliphatic carbocycles. The first-order valence-corrected chi connectivity index (χ1v) is 9.15. The number of carbonyl (C=O) groups is 1. The molecule has 4 nitrogen and oxygen atoms in total. The number of thiazole rings is 1. The molecule has 1 heterocycles. The summed E-state index contributed by atoms with van der Waals surface area (Å²) in [6.07, 6.45) is 0.710. The minimum absolute atomic E-state index is 0.0792. The topological polar surface area (TPSA) is 51.2 Å². The number of nitrogens with zero attached hydrogens (tertiary/aromatic N) is 1. The van der Waals surface area contributed by atoms with Crippen molar-refractivity contribution in [1.29, 1.82) is 0 Å². The molecule has 0 bridgehead atoms. The summed E-state index contributed by atoms with van der Waals surface area (Å²) in [4.78, 5) is 16.3. The van der Waals surface area contributed by atoms with Gasteiger partial charge in [-0.25, -0.2) is 9.37 Å². The third kappa shape index (κ3) is 4.89. The lowest BCUT2D eigenvalue weighted by molar-refractivity contribution is -0.123.